The molecule has 0 aliphatic rings. The van der Waals surface area contributed by atoms with Gasteiger partial charge in [0.1, 0.15) is 23.2 Å². The Morgan fingerprint density at radius 2 is 2.15 bits per heavy atom. The molecule has 7 heteroatoms. The van der Waals surface area contributed by atoms with Crippen LogP contribution in [0.25, 0.3) is 12.2 Å². The Labute approximate surface area is 156 Å². The third-order valence-corrected chi connectivity index (χ3v) is 4.26. The number of benzene rings is 1. The zero-order valence-electron chi connectivity index (χ0n) is 14.8. The third kappa shape index (κ3) is 4.77. The first-order valence-electron chi connectivity index (χ1n) is 8.41. The quantitative estimate of drug-likeness (QED) is 0.614. The Hall–Kier alpha value is -2.51. The molecule has 1 aromatic carbocycles. The van der Waals surface area contributed by atoms with E-state index in [1.54, 1.807) is 16.8 Å². The third-order valence-electron chi connectivity index (χ3n) is 3.95. The lowest BCUT2D eigenvalue weighted by Crippen LogP contribution is -2.26. The summed E-state index contributed by atoms with van der Waals surface area (Å²) < 4.78 is 21.1. The average molecular weight is 372 g/mol. The van der Waals surface area contributed by atoms with Crippen molar-refractivity contribution in [3.05, 3.63) is 69.9 Å². The van der Waals surface area contributed by atoms with Crippen LogP contribution in [0, 0.1) is 17.5 Å². The zero-order valence-corrected chi connectivity index (χ0v) is 15.6. The smallest absolute Gasteiger partial charge is 0.217 e. The van der Waals surface area contributed by atoms with E-state index in [-0.39, 0.29) is 5.82 Å². The van der Waals surface area contributed by atoms with E-state index in [2.05, 4.69) is 21.9 Å². The van der Waals surface area contributed by atoms with Crippen LogP contribution in [0.4, 0.5) is 4.39 Å². The van der Waals surface area contributed by atoms with Gasteiger partial charge in [0.05, 0.1) is 6.67 Å². The minimum Gasteiger partial charge on any atom is -0.462 e. The number of halogens is 1. The lowest BCUT2D eigenvalue weighted by Gasteiger charge is -2.20. The van der Waals surface area contributed by atoms with Gasteiger partial charge in [0.25, 0.3) is 0 Å². The molecule has 5 nitrogen and oxygen atoms in total. The number of hydrogen-bond donors (Lipinski definition) is 1. The van der Waals surface area contributed by atoms with E-state index < -0.39 is 0 Å². The maximum absolute atomic E-state index is 13.4. The number of nitrogens with zero attached hydrogens (tertiary/aromatic N) is 3. The molecule has 0 saturated carbocycles. The first-order chi connectivity index (χ1) is 12.5. The van der Waals surface area contributed by atoms with Gasteiger partial charge >= 0.3 is 0 Å². The van der Waals surface area contributed by atoms with Crippen LogP contribution in [-0.2, 0) is 13.2 Å². The molecule has 0 spiro atoms. The second-order valence-corrected chi connectivity index (χ2v) is 6.38. The maximum atomic E-state index is 13.4. The number of furan rings is 1. The Morgan fingerprint density at radius 3 is 2.85 bits per heavy atom. The first-order valence-corrected chi connectivity index (χ1v) is 8.82. The van der Waals surface area contributed by atoms with Crippen molar-refractivity contribution in [2.75, 3.05) is 6.54 Å². The van der Waals surface area contributed by atoms with Crippen LogP contribution in [-0.4, -0.2) is 26.2 Å². The van der Waals surface area contributed by atoms with Gasteiger partial charge in [-0.15, -0.1) is 0 Å². The topological polar surface area (TPSA) is 50.0 Å². The Balaban J connectivity index is 1.69. The molecule has 2 aromatic heterocycles. The van der Waals surface area contributed by atoms with Gasteiger partial charge in [-0.3, -0.25) is 10.00 Å². The minimum absolute atomic E-state index is 0.225. The number of aryl methyl sites for hydroxylation is 1. The summed E-state index contributed by atoms with van der Waals surface area (Å²) >= 11 is 5.34. The highest BCUT2D eigenvalue weighted by molar-refractivity contribution is 7.71. The zero-order chi connectivity index (χ0) is 18.5. The van der Waals surface area contributed by atoms with Crippen molar-refractivity contribution in [2.24, 2.45) is 0 Å². The molecule has 0 atom stereocenters. The van der Waals surface area contributed by atoms with E-state index in [9.17, 15) is 4.39 Å². The molecule has 0 saturated heterocycles. The molecular formula is C19H21FN4OS. The van der Waals surface area contributed by atoms with Crippen LogP contribution < -0.4 is 0 Å². The van der Waals surface area contributed by atoms with Crippen molar-refractivity contribution >= 4 is 24.4 Å². The fraction of sp³-hybridized carbons (Fsp3) is 0.263. The lowest BCUT2D eigenvalue weighted by molar-refractivity contribution is 0.207. The van der Waals surface area contributed by atoms with E-state index >= 15 is 0 Å². The van der Waals surface area contributed by atoms with Gasteiger partial charge in [0, 0.05) is 6.54 Å². The minimum atomic E-state index is -0.225. The van der Waals surface area contributed by atoms with E-state index in [4.69, 9.17) is 16.6 Å². The molecule has 0 aliphatic carbocycles. The second kappa shape index (κ2) is 8.25. The molecule has 0 aliphatic heterocycles. The average Bonchev–Trinajstić information content (AvgIpc) is 3.18. The standard InChI is InChI=1S/C19H21FN4OS/c1-3-23(12-15-5-4-6-16(20)11-15)13-24-19(26)21-18(22-24)10-9-17-8-7-14(2)25-17/h4-11H,3,12-13H2,1-2H3,(H,21,22,26). The monoisotopic (exact) mass is 372 g/mol. The second-order valence-electron chi connectivity index (χ2n) is 6.02. The first kappa shape index (κ1) is 18.3. The largest absolute Gasteiger partial charge is 0.462 e. The number of H-pyrrole nitrogens is 1. The van der Waals surface area contributed by atoms with Gasteiger partial charge in [-0.2, -0.15) is 4.98 Å². The fourth-order valence-electron chi connectivity index (χ4n) is 2.60. The van der Waals surface area contributed by atoms with Gasteiger partial charge in [-0.25, -0.2) is 9.07 Å². The van der Waals surface area contributed by atoms with Crippen molar-refractivity contribution in [3.63, 3.8) is 0 Å². The molecule has 26 heavy (non-hydrogen) atoms. The van der Waals surface area contributed by atoms with Crippen LogP contribution in [0.5, 0.6) is 0 Å². The molecule has 0 radical (unpaired) electrons. The van der Waals surface area contributed by atoms with Crippen LogP contribution in [0.1, 0.15) is 29.8 Å². The van der Waals surface area contributed by atoms with E-state index in [1.807, 2.05) is 37.3 Å². The molecule has 0 unspecified atom stereocenters. The normalized spacial score (nSPS) is 11.7. The van der Waals surface area contributed by atoms with Crippen molar-refractivity contribution < 1.29 is 8.81 Å². The highest BCUT2D eigenvalue weighted by atomic mass is 32.1. The van der Waals surface area contributed by atoms with Crippen LogP contribution >= 0.6 is 12.2 Å². The predicted octanol–water partition coefficient (Wildman–Crippen LogP) is 4.63. The Morgan fingerprint density at radius 1 is 1.31 bits per heavy atom. The van der Waals surface area contributed by atoms with Crippen molar-refractivity contribution in [1.82, 2.24) is 19.7 Å². The van der Waals surface area contributed by atoms with E-state index in [1.165, 1.54) is 6.07 Å². The number of aromatic amines is 1. The fourth-order valence-corrected chi connectivity index (χ4v) is 2.81. The number of hydrogen-bond acceptors (Lipinski definition) is 4. The summed E-state index contributed by atoms with van der Waals surface area (Å²) in [6, 6.07) is 10.4. The van der Waals surface area contributed by atoms with E-state index in [0.717, 1.165) is 23.6 Å². The summed E-state index contributed by atoms with van der Waals surface area (Å²) in [6.07, 6.45) is 3.67. The number of rotatable bonds is 7. The van der Waals surface area contributed by atoms with Crippen LogP contribution in [0.2, 0.25) is 0 Å². The molecule has 0 amide bonds. The predicted molar refractivity (Wildman–Crippen MR) is 102 cm³/mol. The number of aromatic nitrogens is 3. The van der Waals surface area contributed by atoms with Gasteiger partial charge < -0.3 is 4.42 Å². The highest BCUT2D eigenvalue weighted by Crippen LogP contribution is 2.11. The van der Waals surface area contributed by atoms with Gasteiger partial charge in [0.15, 0.2) is 0 Å². The lowest BCUT2D eigenvalue weighted by atomic mass is 10.2. The number of nitrogens with one attached hydrogen (secondary N) is 1. The van der Waals surface area contributed by atoms with Crippen molar-refractivity contribution in [2.45, 2.75) is 27.1 Å². The van der Waals surface area contributed by atoms with Gasteiger partial charge in [0.2, 0.25) is 4.77 Å². The molecule has 1 N–H and O–H groups in total. The molecule has 136 valence electrons. The SMILES string of the molecule is CCN(Cc1cccc(F)c1)Cn1[nH]c(C=Cc2ccc(C)o2)nc1=S. The van der Waals surface area contributed by atoms with Crippen molar-refractivity contribution in [3.8, 4) is 0 Å². The molecular weight excluding hydrogens is 351 g/mol. The Bertz CT molecular complexity index is 956. The van der Waals surface area contributed by atoms with Crippen molar-refractivity contribution in [1.29, 1.82) is 0 Å². The summed E-state index contributed by atoms with van der Waals surface area (Å²) in [5, 5.41) is 3.18. The molecule has 3 rings (SSSR count). The molecule has 0 bridgehead atoms. The summed E-state index contributed by atoms with van der Waals surface area (Å²) in [6.45, 7) is 5.93. The highest BCUT2D eigenvalue weighted by Gasteiger charge is 2.08. The summed E-state index contributed by atoms with van der Waals surface area (Å²) in [7, 11) is 0. The summed E-state index contributed by atoms with van der Waals surface area (Å²) in [5.41, 5.74) is 0.922. The molecule has 3 aromatic rings. The summed E-state index contributed by atoms with van der Waals surface area (Å²) in [5.74, 6) is 2.06. The Kier molecular flexibility index (Phi) is 5.80. The van der Waals surface area contributed by atoms with Crippen LogP contribution in [0.15, 0.2) is 40.8 Å². The van der Waals surface area contributed by atoms with E-state index in [0.29, 0.717) is 23.8 Å². The summed E-state index contributed by atoms with van der Waals surface area (Å²) in [4.78, 5) is 6.49. The van der Waals surface area contributed by atoms with Gasteiger partial charge in [-0.1, -0.05) is 19.1 Å². The molecule has 0 fully saturated rings. The molecule has 2 heterocycles. The van der Waals surface area contributed by atoms with Crippen LogP contribution in [0.3, 0.4) is 0 Å². The maximum Gasteiger partial charge on any atom is 0.217 e. The van der Waals surface area contributed by atoms with Gasteiger partial charge in [-0.05, 0) is 67.7 Å².